The van der Waals surface area contributed by atoms with Crippen molar-refractivity contribution in [3.05, 3.63) is 101 Å². The molecule has 0 fully saturated rings. The first kappa shape index (κ1) is 23.1. The Balaban J connectivity index is 1.52. The lowest BCUT2D eigenvalue weighted by Crippen LogP contribution is -2.15. The van der Waals surface area contributed by atoms with Crippen LogP contribution in [0.15, 0.2) is 78.9 Å². The summed E-state index contributed by atoms with van der Waals surface area (Å²) >= 11 is 0. The number of anilines is 1. The fourth-order valence-electron chi connectivity index (χ4n) is 3.99. The fourth-order valence-corrected chi connectivity index (χ4v) is 5.19. The first-order valence-corrected chi connectivity index (χ1v) is 12.3. The summed E-state index contributed by atoms with van der Waals surface area (Å²) in [5.74, 6) is -1.03. The molecule has 0 aliphatic carbocycles. The van der Waals surface area contributed by atoms with Crippen LogP contribution < -0.4 is 10.5 Å². The number of nitrogens with one attached hydrogen (secondary N) is 1. The van der Waals surface area contributed by atoms with Crippen molar-refractivity contribution < 1.29 is 23.4 Å². The lowest BCUT2D eigenvalue weighted by molar-refractivity contribution is 0.0997. The average molecular weight is 477 g/mol. The molecule has 0 unspecified atom stereocenters. The third kappa shape index (κ3) is 5.29. The molecule has 7 nitrogen and oxygen atoms in total. The van der Waals surface area contributed by atoms with E-state index in [0.717, 1.165) is 5.56 Å². The summed E-state index contributed by atoms with van der Waals surface area (Å²) in [4.78, 5) is 12.0. The number of benzene rings is 4. The van der Waals surface area contributed by atoms with E-state index in [1.54, 1.807) is 60.7 Å². The number of primary amides is 1. The van der Waals surface area contributed by atoms with Crippen LogP contribution in [0, 0.1) is 0 Å². The maximum absolute atomic E-state index is 12.5. The van der Waals surface area contributed by atoms with Crippen LogP contribution in [0.25, 0.3) is 10.8 Å². The highest BCUT2D eigenvalue weighted by atomic mass is 32.2. The maximum atomic E-state index is 12.5. The van der Waals surface area contributed by atoms with E-state index in [1.807, 2.05) is 6.07 Å². The van der Waals surface area contributed by atoms with E-state index in [0.29, 0.717) is 40.4 Å². The summed E-state index contributed by atoms with van der Waals surface area (Å²) in [5.41, 5.74) is 8.14. The lowest BCUT2D eigenvalue weighted by atomic mass is 9.92. The number of hydrogen-bond donors (Lipinski definition) is 4. The van der Waals surface area contributed by atoms with Gasteiger partial charge in [-0.15, -0.1) is 0 Å². The molecule has 0 aliphatic heterocycles. The molecule has 8 heteroatoms. The molecule has 0 radical (unpaired) electrons. The molecule has 1 amide bonds. The van der Waals surface area contributed by atoms with Crippen molar-refractivity contribution in [2.24, 2.45) is 5.73 Å². The second-order valence-corrected chi connectivity index (χ2v) is 9.78. The van der Waals surface area contributed by atoms with E-state index < -0.39 is 15.9 Å². The molecule has 0 aromatic heterocycles. The van der Waals surface area contributed by atoms with Gasteiger partial charge in [0.1, 0.15) is 11.5 Å². The van der Waals surface area contributed by atoms with Crippen molar-refractivity contribution in [2.75, 3.05) is 4.72 Å². The van der Waals surface area contributed by atoms with Crippen LogP contribution in [0.2, 0.25) is 0 Å². The van der Waals surface area contributed by atoms with Crippen LogP contribution in [-0.2, 0) is 28.6 Å². The number of rotatable bonds is 8. The predicted octanol–water partition coefficient (Wildman–Crippen LogP) is 4.08. The van der Waals surface area contributed by atoms with Gasteiger partial charge in [-0.05, 0) is 70.6 Å². The highest BCUT2D eigenvalue weighted by molar-refractivity contribution is 7.91. The second kappa shape index (κ2) is 9.44. The molecule has 0 saturated carbocycles. The number of carbonyl (C=O) groups excluding carboxylic acids is 1. The van der Waals surface area contributed by atoms with E-state index in [1.165, 1.54) is 12.1 Å². The minimum absolute atomic E-state index is 0.0309. The molecule has 0 saturated heterocycles. The van der Waals surface area contributed by atoms with Gasteiger partial charge < -0.3 is 15.9 Å². The summed E-state index contributed by atoms with van der Waals surface area (Å²) in [5, 5.41) is 21.6. The number of aryl methyl sites for hydroxylation is 2. The van der Waals surface area contributed by atoms with Gasteiger partial charge in [0, 0.05) is 5.69 Å². The van der Waals surface area contributed by atoms with Gasteiger partial charge in [-0.1, -0.05) is 48.5 Å². The summed E-state index contributed by atoms with van der Waals surface area (Å²) in [7, 11) is -3.56. The van der Waals surface area contributed by atoms with Crippen molar-refractivity contribution >= 4 is 32.4 Å². The number of nitrogens with two attached hydrogens (primary N) is 1. The van der Waals surface area contributed by atoms with Crippen LogP contribution in [-0.4, -0.2) is 24.5 Å². The van der Waals surface area contributed by atoms with E-state index in [-0.39, 0.29) is 22.8 Å². The Morgan fingerprint density at radius 3 is 2.24 bits per heavy atom. The standard InChI is InChI=1S/C26H24N2O5S/c27-26(31)25-22(23-15-21(29)12-9-19(23)14-24(25)30)13-8-17-6-10-20(11-7-17)28-34(32,33)16-18-4-2-1-3-5-18/h1-7,9-12,14-15,28-30H,8,13,16H2,(H2,27,31). The molecule has 4 rings (SSSR count). The summed E-state index contributed by atoms with van der Waals surface area (Å²) in [6.45, 7) is 0. The Morgan fingerprint density at radius 2 is 1.56 bits per heavy atom. The lowest BCUT2D eigenvalue weighted by Gasteiger charge is -2.14. The average Bonchev–Trinajstić information content (AvgIpc) is 2.78. The number of amides is 1. The van der Waals surface area contributed by atoms with Crippen molar-refractivity contribution in [1.82, 2.24) is 0 Å². The topological polar surface area (TPSA) is 130 Å². The smallest absolute Gasteiger partial charge is 0.252 e. The van der Waals surface area contributed by atoms with E-state index in [2.05, 4.69) is 4.72 Å². The summed E-state index contributed by atoms with van der Waals surface area (Å²) in [6, 6.07) is 22.1. The maximum Gasteiger partial charge on any atom is 0.252 e. The van der Waals surface area contributed by atoms with Gasteiger partial charge in [0.05, 0.1) is 11.3 Å². The van der Waals surface area contributed by atoms with Gasteiger partial charge in [-0.3, -0.25) is 9.52 Å². The van der Waals surface area contributed by atoms with Crippen molar-refractivity contribution in [3.63, 3.8) is 0 Å². The van der Waals surface area contributed by atoms with Gasteiger partial charge in [0.15, 0.2) is 0 Å². The molecule has 0 heterocycles. The zero-order valence-electron chi connectivity index (χ0n) is 18.2. The molecule has 5 N–H and O–H groups in total. The first-order chi connectivity index (χ1) is 16.2. The molecule has 4 aromatic carbocycles. The molecule has 34 heavy (non-hydrogen) atoms. The predicted molar refractivity (Wildman–Crippen MR) is 132 cm³/mol. The van der Waals surface area contributed by atoms with E-state index in [4.69, 9.17) is 5.73 Å². The highest BCUT2D eigenvalue weighted by Crippen LogP contribution is 2.33. The normalized spacial score (nSPS) is 11.4. The Hall–Kier alpha value is -4.04. The number of hydrogen-bond acceptors (Lipinski definition) is 5. The number of sulfonamides is 1. The Morgan fingerprint density at radius 1 is 0.853 bits per heavy atom. The SMILES string of the molecule is NC(=O)c1c(O)cc2ccc(O)cc2c1CCc1ccc(NS(=O)(=O)Cc2ccccc2)cc1. The third-order valence-electron chi connectivity index (χ3n) is 5.55. The minimum Gasteiger partial charge on any atom is -0.508 e. The first-order valence-electron chi connectivity index (χ1n) is 10.6. The van der Waals surface area contributed by atoms with Gasteiger partial charge in [-0.2, -0.15) is 0 Å². The summed E-state index contributed by atoms with van der Waals surface area (Å²) in [6.07, 6.45) is 0.886. The van der Waals surface area contributed by atoms with Crippen LogP contribution in [0.4, 0.5) is 5.69 Å². The molecule has 0 aliphatic rings. The van der Waals surface area contributed by atoms with E-state index >= 15 is 0 Å². The number of carbonyl (C=O) groups is 1. The van der Waals surface area contributed by atoms with E-state index in [9.17, 15) is 23.4 Å². The molecule has 0 spiro atoms. The van der Waals surface area contributed by atoms with Crippen LogP contribution >= 0.6 is 0 Å². The number of phenols is 2. The molecular weight excluding hydrogens is 452 g/mol. The third-order valence-corrected chi connectivity index (χ3v) is 6.81. The molecule has 0 atom stereocenters. The van der Waals surface area contributed by atoms with Gasteiger partial charge >= 0.3 is 0 Å². The minimum atomic E-state index is -3.56. The zero-order chi connectivity index (χ0) is 24.3. The van der Waals surface area contributed by atoms with Crippen LogP contribution in [0.1, 0.15) is 27.0 Å². The Bertz CT molecular complexity index is 1450. The monoisotopic (exact) mass is 476 g/mol. The quantitative estimate of drug-likeness (QED) is 0.305. The van der Waals surface area contributed by atoms with Gasteiger partial charge in [-0.25, -0.2) is 8.42 Å². The second-order valence-electron chi connectivity index (χ2n) is 8.06. The van der Waals surface area contributed by atoms with Crippen molar-refractivity contribution in [1.29, 1.82) is 0 Å². The highest BCUT2D eigenvalue weighted by Gasteiger charge is 2.18. The van der Waals surface area contributed by atoms with Gasteiger partial charge in [0.2, 0.25) is 10.0 Å². The Kier molecular flexibility index (Phi) is 6.43. The molecular formula is C26H24N2O5S. The number of fused-ring (bicyclic) bond motifs is 1. The number of phenolic OH excluding ortho intramolecular Hbond substituents is 1. The van der Waals surface area contributed by atoms with Crippen LogP contribution in [0.3, 0.4) is 0 Å². The molecule has 174 valence electrons. The van der Waals surface area contributed by atoms with Crippen molar-refractivity contribution in [3.8, 4) is 11.5 Å². The zero-order valence-corrected chi connectivity index (χ0v) is 19.0. The largest absolute Gasteiger partial charge is 0.508 e. The molecule has 4 aromatic rings. The summed E-state index contributed by atoms with van der Waals surface area (Å²) < 4.78 is 27.5. The van der Waals surface area contributed by atoms with Crippen LogP contribution in [0.5, 0.6) is 11.5 Å². The Labute approximate surface area is 197 Å². The fraction of sp³-hybridized carbons (Fsp3) is 0.115. The number of aromatic hydroxyl groups is 2. The van der Waals surface area contributed by atoms with Crippen molar-refractivity contribution in [2.45, 2.75) is 18.6 Å². The molecule has 0 bridgehead atoms. The van der Waals surface area contributed by atoms with Gasteiger partial charge in [0.25, 0.3) is 5.91 Å².